The van der Waals surface area contributed by atoms with Crippen molar-refractivity contribution in [3.05, 3.63) is 29.3 Å². The van der Waals surface area contributed by atoms with Crippen LogP contribution < -0.4 is 5.32 Å². The van der Waals surface area contributed by atoms with Gasteiger partial charge in [0.1, 0.15) is 0 Å². The molecule has 0 bridgehead atoms. The Morgan fingerprint density at radius 3 is 2.65 bits per heavy atom. The first-order valence-electron chi connectivity index (χ1n) is 7.80. The highest BCUT2D eigenvalue weighted by molar-refractivity contribution is 7.85. The molecule has 1 N–H and O–H groups in total. The summed E-state index contributed by atoms with van der Waals surface area (Å²) in [7, 11) is -0.895. The van der Waals surface area contributed by atoms with Crippen LogP contribution in [0.15, 0.2) is 23.1 Å². The van der Waals surface area contributed by atoms with Crippen LogP contribution in [0.1, 0.15) is 43.7 Å². The summed E-state index contributed by atoms with van der Waals surface area (Å²) in [4.78, 5) is 1.02. The highest BCUT2D eigenvalue weighted by atomic mass is 32.2. The van der Waals surface area contributed by atoms with E-state index in [1.165, 1.54) is 31.2 Å². The van der Waals surface area contributed by atoms with Crippen molar-refractivity contribution in [3.63, 3.8) is 0 Å². The van der Waals surface area contributed by atoms with Crippen molar-refractivity contribution in [1.29, 1.82) is 0 Å². The van der Waals surface area contributed by atoms with Crippen LogP contribution in [0.3, 0.4) is 0 Å². The largest absolute Gasteiger partial charge is 0.313 e. The molecule has 20 heavy (non-hydrogen) atoms. The number of nitrogens with one attached hydrogen (secondary N) is 1. The Balaban J connectivity index is 2.09. The van der Waals surface area contributed by atoms with E-state index in [0.717, 1.165) is 22.8 Å². The van der Waals surface area contributed by atoms with Crippen LogP contribution in [-0.4, -0.2) is 22.5 Å². The summed E-state index contributed by atoms with van der Waals surface area (Å²) >= 11 is 0. The van der Waals surface area contributed by atoms with E-state index in [9.17, 15) is 4.21 Å². The van der Waals surface area contributed by atoms with E-state index in [2.05, 4.69) is 44.3 Å². The van der Waals surface area contributed by atoms with Gasteiger partial charge in [-0.15, -0.1) is 0 Å². The van der Waals surface area contributed by atoms with Crippen LogP contribution in [-0.2, 0) is 10.8 Å². The first kappa shape index (κ1) is 15.7. The summed E-state index contributed by atoms with van der Waals surface area (Å²) in [5.41, 5.74) is 2.34. The second-order valence-corrected chi connectivity index (χ2v) is 7.45. The van der Waals surface area contributed by atoms with Crippen molar-refractivity contribution in [1.82, 2.24) is 5.32 Å². The highest BCUT2D eigenvalue weighted by Gasteiger charge is 2.26. The lowest BCUT2D eigenvalue weighted by Gasteiger charge is -2.24. The molecule has 0 amide bonds. The van der Waals surface area contributed by atoms with Gasteiger partial charge in [0, 0.05) is 16.7 Å². The topological polar surface area (TPSA) is 29.1 Å². The second-order valence-electron chi connectivity index (χ2n) is 5.99. The Hall–Kier alpha value is -0.670. The maximum Gasteiger partial charge on any atom is 0.0548 e. The predicted octanol–water partition coefficient (Wildman–Crippen LogP) is 3.58. The fraction of sp³-hybridized carbons (Fsp3) is 0.647. The lowest BCUT2D eigenvalue weighted by molar-refractivity contribution is 0.392. The summed E-state index contributed by atoms with van der Waals surface area (Å²) < 4.78 is 12.7. The molecule has 1 aliphatic rings. The van der Waals surface area contributed by atoms with Crippen molar-refractivity contribution < 1.29 is 4.21 Å². The molecule has 1 aromatic rings. The first-order chi connectivity index (χ1) is 9.61. The van der Waals surface area contributed by atoms with Gasteiger partial charge >= 0.3 is 0 Å². The molecule has 0 heterocycles. The van der Waals surface area contributed by atoms with E-state index in [4.69, 9.17) is 0 Å². The zero-order chi connectivity index (χ0) is 14.5. The van der Waals surface area contributed by atoms with Gasteiger partial charge in [0.05, 0.1) is 10.8 Å². The Bertz CT molecular complexity index is 466. The van der Waals surface area contributed by atoms with Crippen LogP contribution in [0, 0.1) is 19.8 Å². The van der Waals surface area contributed by atoms with Crippen molar-refractivity contribution >= 4 is 10.8 Å². The van der Waals surface area contributed by atoms with Gasteiger partial charge in [-0.3, -0.25) is 4.21 Å². The maximum absolute atomic E-state index is 12.7. The zero-order valence-corrected chi connectivity index (χ0v) is 13.8. The molecule has 1 aromatic carbocycles. The van der Waals surface area contributed by atoms with E-state index in [0.29, 0.717) is 12.0 Å². The molecule has 112 valence electrons. The van der Waals surface area contributed by atoms with Crippen LogP contribution in [0.2, 0.25) is 0 Å². The van der Waals surface area contributed by atoms with Gasteiger partial charge < -0.3 is 5.32 Å². The van der Waals surface area contributed by atoms with E-state index in [1.807, 2.05) is 0 Å². The smallest absolute Gasteiger partial charge is 0.0548 e. The van der Waals surface area contributed by atoms with Crippen LogP contribution in [0.4, 0.5) is 0 Å². The fourth-order valence-corrected chi connectivity index (χ4v) is 4.83. The normalized spacial score (nSPS) is 19.1. The molecule has 1 saturated carbocycles. The molecule has 3 heteroatoms. The highest BCUT2D eigenvalue weighted by Crippen LogP contribution is 2.29. The molecular weight excluding hydrogens is 266 g/mol. The third kappa shape index (κ3) is 3.92. The second kappa shape index (κ2) is 7.37. The quantitative estimate of drug-likeness (QED) is 0.868. The van der Waals surface area contributed by atoms with Crippen molar-refractivity contribution in [3.8, 4) is 0 Å². The zero-order valence-electron chi connectivity index (χ0n) is 12.9. The lowest BCUT2D eigenvalue weighted by Crippen LogP contribution is -2.39. The number of hydrogen-bond acceptors (Lipinski definition) is 2. The molecule has 0 aliphatic heterocycles. The van der Waals surface area contributed by atoms with E-state index < -0.39 is 10.8 Å². The van der Waals surface area contributed by atoms with Gasteiger partial charge in [0.25, 0.3) is 0 Å². The Morgan fingerprint density at radius 1 is 1.30 bits per heavy atom. The number of hydrogen-bond donors (Lipinski definition) is 1. The number of aryl methyl sites for hydroxylation is 2. The minimum Gasteiger partial charge on any atom is -0.313 e. The van der Waals surface area contributed by atoms with Gasteiger partial charge in [0.2, 0.25) is 0 Å². The summed E-state index contributed by atoms with van der Waals surface area (Å²) in [6.07, 6.45) is 5.26. The predicted molar refractivity (Wildman–Crippen MR) is 86.6 cm³/mol. The van der Waals surface area contributed by atoms with E-state index in [-0.39, 0.29) is 0 Å². The van der Waals surface area contributed by atoms with Crippen LogP contribution in [0.25, 0.3) is 0 Å². The van der Waals surface area contributed by atoms with Gasteiger partial charge in [-0.25, -0.2) is 0 Å². The molecule has 0 spiro atoms. The van der Waals surface area contributed by atoms with Crippen molar-refractivity contribution in [2.24, 2.45) is 5.92 Å². The Kier molecular flexibility index (Phi) is 5.79. The molecule has 0 aromatic heterocycles. The SMILES string of the molecule is CCNC(CS(=O)c1cc(C)ccc1C)C1CCCC1. The van der Waals surface area contributed by atoms with Gasteiger partial charge in [-0.2, -0.15) is 0 Å². The Labute approximate surface area is 125 Å². The number of benzene rings is 1. The molecule has 0 saturated heterocycles. The molecule has 2 rings (SSSR count). The molecule has 1 aliphatic carbocycles. The van der Waals surface area contributed by atoms with Crippen molar-refractivity contribution in [2.75, 3.05) is 12.3 Å². The summed E-state index contributed by atoms with van der Waals surface area (Å²) in [5.74, 6) is 1.46. The summed E-state index contributed by atoms with van der Waals surface area (Å²) in [6, 6.07) is 6.67. The third-order valence-electron chi connectivity index (χ3n) is 4.36. The summed E-state index contributed by atoms with van der Waals surface area (Å²) in [6.45, 7) is 7.23. The molecular formula is C17H27NOS. The summed E-state index contributed by atoms with van der Waals surface area (Å²) in [5, 5.41) is 3.57. The van der Waals surface area contributed by atoms with Gasteiger partial charge in [0.15, 0.2) is 0 Å². The molecule has 2 atom stereocenters. The van der Waals surface area contributed by atoms with E-state index >= 15 is 0 Å². The average Bonchev–Trinajstić information content (AvgIpc) is 2.95. The Morgan fingerprint density at radius 2 is 2.00 bits per heavy atom. The molecule has 0 radical (unpaired) electrons. The molecule has 2 unspecified atom stereocenters. The standard InChI is InChI=1S/C17H27NOS/c1-4-18-16(15-7-5-6-8-15)12-20(19)17-11-13(2)9-10-14(17)3/h9-11,15-16,18H,4-8,12H2,1-3H3. The minimum atomic E-state index is -0.895. The average molecular weight is 293 g/mol. The minimum absolute atomic E-state index is 0.406. The fourth-order valence-electron chi connectivity index (χ4n) is 3.19. The monoisotopic (exact) mass is 293 g/mol. The third-order valence-corrected chi connectivity index (χ3v) is 5.95. The molecule has 2 nitrogen and oxygen atoms in total. The van der Waals surface area contributed by atoms with Gasteiger partial charge in [-0.1, -0.05) is 31.9 Å². The lowest BCUT2D eigenvalue weighted by atomic mass is 10.00. The molecule has 1 fully saturated rings. The van der Waals surface area contributed by atoms with Crippen LogP contribution in [0.5, 0.6) is 0 Å². The first-order valence-corrected chi connectivity index (χ1v) is 9.12. The maximum atomic E-state index is 12.7. The number of rotatable bonds is 6. The van der Waals surface area contributed by atoms with Gasteiger partial charge in [-0.05, 0) is 56.3 Å². The van der Waals surface area contributed by atoms with E-state index in [1.54, 1.807) is 0 Å². The van der Waals surface area contributed by atoms with Crippen LogP contribution >= 0.6 is 0 Å². The van der Waals surface area contributed by atoms with Crippen molar-refractivity contribution in [2.45, 2.75) is 57.4 Å².